The summed E-state index contributed by atoms with van der Waals surface area (Å²) in [5.74, 6) is 0.438. The summed E-state index contributed by atoms with van der Waals surface area (Å²) in [6.45, 7) is 2.31. The van der Waals surface area contributed by atoms with Crippen molar-refractivity contribution in [2.75, 3.05) is 11.9 Å². The molecule has 106 valence electrons. The van der Waals surface area contributed by atoms with Gasteiger partial charge in [0.15, 0.2) is 5.82 Å². The summed E-state index contributed by atoms with van der Waals surface area (Å²) in [6, 6.07) is 4.29. The molecule has 1 amide bonds. The van der Waals surface area contributed by atoms with Crippen LogP contribution in [0.1, 0.15) is 18.4 Å². The summed E-state index contributed by atoms with van der Waals surface area (Å²) < 4.78 is 1.75. The normalized spacial score (nSPS) is 14.8. The number of benzene rings is 1. The van der Waals surface area contributed by atoms with Gasteiger partial charge in [0.1, 0.15) is 0 Å². The molecule has 1 heterocycles. The van der Waals surface area contributed by atoms with Crippen molar-refractivity contribution in [3.8, 4) is 0 Å². The third-order valence-electron chi connectivity index (χ3n) is 3.53. The average Bonchev–Trinajstić information content (AvgIpc) is 3.16. The van der Waals surface area contributed by atoms with E-state index in [0.29, 0.717) is 23.4 Å². The Balaban J connectivity index is 1.87. The van der Waals surface area contributed by atoms with E-state index < -0.39 is 0 Å². The number of aryl methyl sites for hydroxylation is 2. The molecule has 3 rings (SSSR count). The Morgan fingerprint density at radius 1 is 1.50 bits per heavy atom. The van der Waals surface area contributed by atoms with Gasteiger partial charge >= 0.3 is 0 Å². The molecule has 0 saturated heterocycles. The summed E-state index contributed by atoms with van der Waals surface area (Å²) in [7, 11) is 1.85. The minimum absolute atomic E-state index is 0.0885. The fraction of sp³-hybridized carbons (Fsp3) is 0.429. The van der Waals surface area contributed by atoms with E-state index in [2.05, 4.69) is 15.7 Å². The number of anilines is 1. The van der Waals surface area contributed by atoms with Gasteiger partial charge in [-0.1, -0.05) is 17.7 Å². The first-order chi connectivity index (χ1) is 9.56. The van der Waals surface area contributed by atoms with Gasteiger partial charge in [-0.15, -0.1) is 0 Å². The lowest BCUT2D eigenvalue weighted by molar-refractivity contribution is -0.115. The molecule has 0 spiro atoms. The van der Waals surface area contributed by atoms with Crippen molar-refractivity contribution in [1.29, 1.82) is 0 Å². The Hall–Kier alpha value is -1.59. The van der Waals surface area contributed by atoms with Crippen molar-refractivity contribution in [2.24, 2.45) is 7.05 Å². The maximum Gasteiger partial charge on any atom is 0.239 e. The number of halogens is 1. The number of nitrogens with zero attached hydrogens (tertiary/aromatic N) is 2. The van der Waals surface area contributed by atoms with E-state index >= 15 is 0 Å². The molecular formula is C14H17ClN4O. The van der Waals surface area contributed by atoms with Gasteiger partial charge in [-0.2, -0.15) is 5.10 Å². The smallest absolute Gasteiger partial charge is 0.239 e. The van der Waals surface area contributed by atoms with Gasteiger partial charge in [-0.25, -0.2) is 0 Å². The minimum Gasteiger partial charge on any atom is -0.308 e. The van der Waals surface area contributed by atoms with Crippen LogP contribution in [0.4, 0.5) is 5.82 Å². The van der Waals surface area contributed by atoms with Crippen molar-refractivity contribution in [1.82, 2.24) is 15.1 Å². The zero-order valence-electron chi connectivity index (χ0n) is 11.5. The maximum absolute atomic E-state index is 11.9. The van der Waals surface area contributed by atoms with Crippen LogP contribution in [0.3, 0.4) is 0 Å². The van der Waals surface area contributed by atoms with Crippen LogP contribution < -0.4 is 10.6 Å². The van der Waals surface area contributed by atoms with E-state index in [1.165, 1.54) is 0 Å². The van der Waals surface area contributed by atoms with Gasteiger partial charge in [0.05, 0.1) is 22.5 Å². The van der Waals surface area contributed by atoms with E-state index in [0.717, 1.165) is 29.3 Å². The predicted octanol–water partition coefficient (Wildman–Crippen LogP) is 2.23. The molecular weight excluding hydrogens is 276 g/mol. The number of carbonyl (C=O) groups excluding carboxylic acids is 1. The second-order valence-corrected chi connectivity index (χ2v) is 5.67. The molecule has 1 saturated carbocycles. The molecule has 2 aromatic rings. The number of fused-ring (bicyclic) bond motifs is 1. The highest BCUT2D eigenvalue weighted by atomic mass is 35.5. The molecule has 5 nitrogen and oxygen atoms in total. The SMILES string of the molecule is Cc1ccc(Cl)c2c(NC(=O)CNC3CC3)nn(C)c12. The number of amides is 1. The molecule has 0 aliphatic heterocycles. The standard InChI is InChI=1S/C14H17ClN4O/c1-8-3-6-10(15)12-13(8)19(2)18-14(12)17-11(20)7-16-9-4-5-9/h3,6,9,16H,4-5,7H2,1-2H3,(H,17,18,20). The quantitative estimate of drug-likeness (QED) is 0.908. The summed E-state index contributed by atoms with van der Waals surface area (Å²) in [6.07, 6.45) is 2.32. The van der Waals surface area contributed by atoms with Crippen LogP contribution in [0.15, 0.2) is 12.1 Å². The lowest BCUT2D eigenvalue weighted by Crippen LogP contribution is -2.29. The summed E-state index contributed by atoms with van der Waals surface area (Å²) >= 11 is 6.25. The van der Waals surface area contributed by atoms with Gasteiger partial charge in [-0.3, -0.25) is 9.48 Å². The largest absolute Gasteiger partial charge is 0.308 e. The van der Waals surface area contributed by atoms with Crippen LogP contribution >= 0.6 is 11.6 Å². The van der Waals surface area contributed by atoms with E-state index in [1.54, 1.807) is 4.68 Å². The molecule has 1 aliphatic rings. The molecule has 0 atom stereocenters. The molecule has 1 aliphatic carbocycles. The highest BCUT2D eigenvalue weighted by Crippen LogP contribution is 2.31. The third kappa shape index (κ3) is 2.51. The van der Waals surface area contributed by atoms with E-state index in [4.69, 9.17) is 11.6 Å². The third-order valence-corrected chi connectivity index (χ3v) is 3.84. The topological polar surface area (TPSA) is 59.0 Å². The second kappa shape index (κ2) is 5.07. The number of hydrogen-bond donors (Lipinski definition) is 2. The lowest BCUT2D eigenvalue weighted by Gasteiger charge is -2.04. The highest BCUT2D eigenvalue weighted by Gasteiger charge is 2.22. The molecule has 2 N–H and O–H groups in total. The van der Waals surface area contributed by atoms with Crippen LogP contribution in [-0.2, 0) is 11.8 Å². The van der Waals surface area contributed by atoms with E-state index in [1.807, 2.05) is 26.1 Å². The molecule has 1 fully saturated rings. The van der Waals surface area contributed by atoms with E-state index in [9.17, 15) is 4.79 Å². The van der Waals surface area contributed by atoms with Crippen molar-refractivity contribution in [3.63, 3.8) is 0 Å². The zero-order chi connectivity index (χ0) is 14.3. The van der Waals surface area contributed by atoms with Crippen molar-refractivity contribution in [2.45, 2.75) is 25.8 Å². The van der Waals surface area contributed by atoms with Gasteiger partial charge < -0.3 is 10.6 Å². The molecule has 0 bridgehead atoms. The first-order valence-electron chi connectivity index (χ1n) is 6.71. The molecule has 1 aromatic heterocycles. The molecule has 0 radical (unpaired) electrons. The van der Waals surface area contributed by atoms with Crippen molar-refractivity contribution in [3.05, 3.63) is 22.7 Å². The van der Waals surface area contributed by atoms with Crippen LogP contribution in [0.2, 0.25) is 5.02 Å². The van der Waals surface area contributed by atoms with Crippen LogP contribution in [0.5, 0.6) is 0 Å². The first-order valence-corrected chi connectivity index (χ1v) is 7.09. The number of aromatic nitrogens is 2. The minimum atomic E-state index is -0.0885. The fourth-order valence-corrected chi connectivity index (χ4v) is 2.59. The molecule has 6 heteroatoms. The number of nitrogens with one attached hydrogen (secondary N) is 2. The van der Waals surface area contributed by atoms with Crippen molar-refractivity contribution >= 4 is 34.2 Å². The Morgan fingerprint density at radius 2 is 2.25 bits per heavy atom. The van der Waals surface area contributed by atoms with Gasteiger partial charge in [0.2, 0.25) is 5.91 Å². The average molecular weight is 293 g/mol. The van der Waals surface area contributed by atoms with Crippen molar-refractivity contribution < 1.29 is 4.79 Å². The molecule has 0 unspecified atom stereocenters. The monoisotopic (exact) mass is 292 g/mol. The van der Waals surface area contributed by atoms with Crippen LogP contribution in [0.25, 0.3) is 10.9 Å². The second-order valence-electron chi connectivity index (χ2n) is 5.26. The molecule has 1 aromatic carbocycles. The van der Waals surface area contributed by atoms with Crippen LogP contribution in [0, 0.1) is 6.92 Å². The van der Waals surface area contributed by atoms with Gasteiger partial charge in [0.25, 0.3) is 0 Å². The number of carbonyl (C=O) groups is 1. The van der Waals surface area contributed by atoms with E-state index in [-0.39, 0.29) is 5.91 Å². The fourth-order valence-electron chi connectivity index (χ4n) is 2.35. The predicted molar refractivity (Wildman–Crippen MR) is 80.1 cm³/mol. The number of rotatable bonds is 4. The Bertz CT molecular complexity index is 675. The highest BCUT2D eigenvalue weighted by molar-refractivity contribution is 6.36. The Kier molecular flexibility index (Phi) is 3.40. The zero-order valence-corrected chi connectivity index (χ0v) is 12.3. The summed E-state index contributed by atoms with van der Waals surface area (Å²) in [4.78, 5) is 11.9. The molecule has 20 heavy (non-hydrogen) atoms. The number of hydrogen-bond acceptors (Lipinski definition) is 3. The van der Waals surface area contributed by atoms with Gasteiger partial charge in [-0.05, 0) is 31.4 Å². The van der Waals surface area contributed by atoms with Gasteiger partial charge in [0, 0.05) is 13.1 Å². The summed E-state index contributed by atoms with van der Waals surface area (Å²) in [5, 5.41) is 11.8. The Morgan fingerprint density at radius 3 is 2.95 bits per heavy atom. The first kappa shape index (κ1) is 13.4. The summed E-state index contributed by atoms with van der Waals surface area (Å²) in [5.41, 5.74) is 2.03. The Labute approximate surface area is 122 Å². The van der Waals surface area contributed by atoms with Crippen LogP contribution in [-0.4, -0.2) is 28.3 Å². The maximum atomic E-state index is 11.9. The lowest BCUT2D eigenvalue weighted by atomic mass is 10.1.